The summed E-state index contributed by atoms with van der Waals surface area (Å²) < 4.78 is 6.18. The topological polar surface area (TPSA) is 83.8 Å². The van der Waals surface area contributed by atoms with Crippen molar-refractivity contribution in [3.05, 3.63) is 0 Å². The molecule has 4 bridgehead atoms. The number of carboxylic acid groups (broad SMARTS) is 2. The third-order valence-corrected chi connectivity index (χ3v) is 7.71. The Morgan fingerprint density at radius 3 is 2.42 bits per heavy atom. The molecule has 19 heavy (non-hydrogen) atoms. The van der Waals surface area contributed by atoms with E-state index in [0.717, 1.165) is 11.8 Å². The Labute approximate surface area is 108 Å². The highest BCUT2D eigenvalue weighted by molar-refractivity contribution is 5.95. The highest BCUT2D eigenvalue weighted by Gasteiger charge is 2.94. The maximum atomic E-state index is 11.5. The van der Waals surface area contributed by atoms with Crippen LogP contribution in [0.5, 0.6) is 0 Å². The smallest absolute Gasteiger partial charge is 0.320 e. The van der Waals surface area contributed by atoms with Gasteiger partial charge in [-0.25, -0.2) is 0 Å². The van der Waals surface area contributed by atoms with Crippen LogP contribution in [0.1, 0.15) is 6.42 Å². The van der Waals surface area contributed by atoms with Crippen LogP contribution in [0.4, 0.5) is 0 Å². The molecule has 7 rings (SSSR count). The molecule has 0 amide bonds. The SMILES string of the molecule is O=C(O)C(C(=O)O)[C@@]12O[C@@H]3[C@@H]4[C@@H]5[C@@H]6C[C@@H]([C@H]5[C@H]41)[C@@H]2[C@@H]63. The fourth-order valence-electron chi connectivity index (χ4n) is 8.03. The fraction of sp³-hybridized carbons (Fsp3) is 0.857. The third-order valence-electron chi connectivity index (χ3n) is 7.71. The minimum Gasteiger partial charge on any atom is -0.481 e. The van der Waals surface area contributed by atoms with Crippen LogP contribution in [0, 0.1) is 53.3 Å². The van der Waals surface area contributed by atoms with Gasteiger partial charge >= 0.3 is 11.9 Å². The van der Waals surface area contributed by atoms with Gasteiger partial charge < -0.3 is 14.9 Å². The fourth-order valence-corrected chi connectivity index (χ4v) is 8.03. The van der Waals surface area contributed by atoms with Crippen molar-refractivity contribution in [1.29, 1.82) is 0 Å². The molecule has 2 aliphatic heterocycles. The number of carboxylic acids is 2. The van der Waals surface area contributed by atoms with E-state index in [2.05, 4.69) is 0 Å². The molecule has 7 aliphatic rings. The van der Waals surface area contributed by atoms with Crippen molar-refractivity contribution in [2.75, 3.05) is 0 Å². The largest absolute Gasteiger partial charge is 0.481 e. The standard InChI is InChI=1S/C14H14O5/c15-12(16)10(13(17)18)14-8-3-1-2-4-5(3)9(14)7(4)11(19-14)6(2)8/h2-11H,1H2,(H,15,16)(H,17,18)/t2-,3-,4+,5+,6+,7+,8+,9+,11-,14-/m0/s1. The molecule has 100 valence electrons. The van der Waals surface area contributed by atoms with E-state index in [0.29, 0.717) is 23.7 Å². The van der Waals surface area contributed by atoms with Crippen LogP contribution >= 0.6 is 0 Å². The highest BCUT2D eigenvalue weighted by atomic mass is 16.5. The van der Waals surface area contributed by atoms with Crippen LogP contribution in [-0.2, 0) is 14.3 Å². The summed E-state index contributed by atoms with van der Waals surface area (Å²) in [5.41, 5.74) is -0.852. The van der Waals surface area contributed by atoms with Crippen molar-refractivity contribution < 1.29 is 24.5 Å². The monoisotopic (exact) mass is 262 g/mol. The first-order valence-corrected chi connectivity index (χ1v) is 7.22. The molecule has 2 saturated heterocycles. The second-order valence-electron chi connectivity index (χ2n) is 7.47. The summed E-state index contributed by atoms with van der Waals surface area (Å²) in [5.74, 6) is 0.281. The molecule has 0 radical (unpaired) electrons. The number of hydrogen-bond acceptors (Lipinski definition) is 3. The lowest BCUT2D eigenvalue weighted by Gasteiger charge is -2.46. The molecule has 5 nitrogen and oxygen atoms in total. The summed E-state index contributed by atoms with van der Waals surface area (Å²) in [6.07, 6.45) is 1.40. The second-order valence-corrected chi connectivity index (χ2v) is 7.47. The van der Waals surface area contributed by atoms with Gasteiger partial charge in [0.15, 0.2) is 5.92 Å². The zero-order valence-corrected chi connectivity index (χ0v) is 10.1. The van der Waals surface area contributed by atoms with Crippen molar-refractivity contribution in [2.24, 2.45) is 53.3 Å². The Balaban J connectivity index is 1.60. The molecular weight excluding hydrogens is 248 g/mol. The highest BCUT2D eigenvalue weighted by Crippen LogP contribution is 2.91. The number of hydrogen-bond donors (Lipinski definition) is 2. The molecule has 0 aromatic rings. The summed E-state index contributed by atoms with van der Waals surface area (Å²) in [6, 6.07) is 0. The molecule has 0 spiro atoms. The normalized spacial score (nSPS) is 67.5. The Morgan fingerprint density at radius 1 is 1.00 bits per heavy atom. The number of carbonyl (C=O) groups is 2. The van der Waals surface area contributed by atoms with E-state index < -0.39 is 23.5 Å². The van der Waals surface area contributed by atoms with Crippen molar-refractivity contribution in [2.45, 2.75) is 18.1 Å². The molecule has 7 fully saturated rings. The van der Waals surface area contributed by atoms with E-state index in [9.17, 15) is 19.8 Å². The lowest BCUT2D eigenvalue weighted by Crippen LogP contribution is -2.56. The van der Waals surface area contributed by atoms with Crippen molar-refractivity contribution in [1.82, 2.24) is 0 Å². The van der Waals surface area contributed by atoms with E-state index in [1.54, 1.807) is 0 Å². The van der Waals surface area contributed by atoms with Gasteiger partial charge in [-0.15, -0.1) is 0 Å². The van der Waals surface area contributed by atoms with Gasteiger partial charge in [-0.1, -0.05) is 0 Å². The molecular formula is C14H14O5. The molecule has 0 unspecified atom stereocenters. The molecule has 5 heteroatoms. The van der Waals surface area contributed by atoms with Crippen molar-refractivity contribution in [3.63, 3.8) is 0 Å². The quantitative estimate of drug-likeness (QED) is 0.714. The predicted molar refractivity (Wildman–Crippen MR) is 58.9 cm³/mol. The first-order valence-electron chi connectivity index (χ1n) is 7.22. The van der Waals surface area contributed by atoms with Gasteiger partial charge in [-0.05, 0) is 53.8 Å². The summed E-state index contributed by atoms with van der Waals surface area (Å²) in [7, 11) is 0. The molecule has 10 atom stereocenters. The minimum atomic E-state index is -1.36. The second kappa shape index (κ2) is 2.32. The Bertz CT molecular complexity index is 548. The number of aliphatic carboxylic acids is 2. The van der Waals surface area contributed by atoms with Crippen LogP contribution in [-0.4, -0.2) is 33.9 Å². The van der Waals surface area contributed by atoms with E-state index in [1.807, 2.05) is 0 Å². The van der Waals surface area contributed by atoms with Crippen LogP contribution in [0.15, 0.2) is 0 Å². The van der Waals surface area contributed by atoms with Crippen LogP contribution in [0.25, 0.3) is 0 Å². The summed E-state index contributed by atoms with van der Waals surface area (Å²) in [5, 5.41) is 18.8. The van der Waals surface area contributed by atoms with Gasteiger partial charge in [0.25, 0.3) is 0 Å². The van der Waals surface area contributed by atoms with Crippen LogP contribution < -0.4 is 0 Å². The van der Waals surface area contributed by atoms with Gasteiger partial charge in [-0.2, -0.15) is 0 Å². The minimum absolute atomic E-state index is 0.190. The lowest BCUT2D eigenvalue weighted by atomic mass is 9.55. The maximum absolute atomic E-state index is 11.5. The van der Waals surface area contributed by atoms with Gasteiger partial charge in [0.2, 0.25) is 0 Å². The van der Waals surface area contributed by atoms with Gasteiger partial charge in [-0.3, -0.25) is 9.59 Å². The molecule has 2 N–H and O–H groups in total. The molecule has 5 saturated carbocycles. The zero-order chi connectivity index (χ0) is 12.8. The summed E-state index contributed by atoms with van der Waals surface area (Å²) in [6.45, 7) is 0. The Morgan fingerprint density at radius 2 is 1.74 bits per heavy atom. The predicted octanol–water partition coefficient (Wildman–Crippen LogP) is 0.297. The number of rotatable bonds is 3. The van der Waals surface area contributed by atoms with Crippen molar-refractivity contribution >= 4 is 11.9 Å². The van der Waals surface area contributed by atoms with Gasteiger partial charge in [0, 0.05) is 0 Å². The third kappa shape index (κ3) is 0.618. The average Bonchev–Trinajstić information content (AvgIpc) is 2.87. The molecule has 2 heterocycles. The van der Waals surface area contributed by atoms with E-state index in [4.69, 9.17) is 4.74 Å². The molecule has 0 aromatic carbocycles. The van der Waals surface area contributed by atoms with E-state index >= 15 is 0 Å². The lowest BCUT2D eigenvalue weighted by molar-refractivity contribution is -0.173. The first-order chi connectivity index (χ1) is 9.09. The first kappa shape index (κ1) is 9.75. The van der Waals surface area contributed by atoms with Gasteiger partial charge in [0.05, 0.1) is 11.7 Å². The number of ether oxygens (including phenoxy) is 1. The molecule has 0 aromatic heterocycles. The van der Waals surface area contributed by atoms with Crippen LogP contribution in [0.3, 0.4) is 0 Å². The summed E-state index contributed by atoms with van der Waals surface area (Å²) in [4.78, 5) is 23.1. The van der Waals surface area contributed by atoms with Gasteiger partial charge in [0.1, 0.15) is 0 Å². The molecule has 5 aliphatic carbocycles. The zero-order valence-electron chi connectivity index (χ0n) is 10.1. The Hall–Kier alpha value is -1.10. The Kier molecular flexibility index (Phi) is 1.19. The van der Waals surface area contributed by atoms with Crippen LogP contribution in [0.2, 0.25) is 0 Å². The van der Waals surface area contributed by atoms with E-state index in [1.165, 1.54) is 6.42 Å². The van der Waals surface area contributed by atoms with E-state index in [-0.39, 0.29) is 17.9 Å². The maximum Gasteiger partial charge on any atom is 0.320 e. The average molecular weight is 262 g/mol. The van der Waals surface area contributed by atoms with Crippen molar-refractivity contribution in [3.8, 4) is 0 Å². The summed E-state index contributed by atoms with van der Waals surface area (Å²) >= 11 is 0.